The second kappa shape index (κ2) is 7.86. The Hall–Kier alpha value is -0.770. The van der Waals surface area contributed by atoms with Crippen molar-refractivity contribution in [1.82, 2.24) is 0 Å². The van der Waals surface area contributed by atoms with Crippen molar-refractivity contribution in [3.63, 3.8) is 0 Å². The molecule has 0 aliphatic carbocycles. The Kier molecular flexibility index (Phi) is 7.39. The third kappa shape index (κ3) is 6.40. The van der Waals surface area contributed by atoms with E-state index in [1.54, 1.807) is 0 Å². The molecule has 0 aromatic rings. The summed E-state index contributed by atoms with van der Waals surface area (Å²) < 4.78 is 14.2. The van der Waals surface area contributed by atoms with E-state index in [4.69, 9.17) is 4.74 Å². The maximum Gasteiger partial charge on any atom is 0.510 e. The fourth-order valence-corrected chi connectivity index (χ4v) is 0.965. The minimum absolute atomic E-state index is 0.0226. The SMILES string of the molecule is CCCC(CC)OCOC(=O)OC. The molecule has 1 atom stereocenters. The van der Waals surface area contributed by atoms with Crippen LogP contribution in [0.25, 0.3) is 0 Å². The van der Waals surface area contributed by atoms with E-state index in [0.29, 0.717) is 0 Å². The summed E-state index contributed by atoms with van der Waals surface area (Å²) in [5, 5.41) is 0. The Morgan fingerprint density at radius 2 is 2.08 bits per heavy atom. The van der Waals surface area contributed by atoms with Crippen LogP contribution in [0, 0.1) is 0 Å². The normalized spacial score (nSPS) is 12.2. The Labute approximate surface area is 79.2 Å². The fourth-order valence-electron chi connectivity index (χ4n) is 0.965. The van der Waals surface area contributed by atoms with Gasteiger partial charge in [0.25, 0.3) is 0 Å². The number of hydrogen-bond donors (Lipinski definition) is 0. The van der Waals surface area contributed by atoms with Crippen molar-refractivity contribution in [2.75, 3.05) is 13.9 Å². The van der Waals surface area contributed by atoms with Gasteiger partial charge in [0.1, 0.15) is 0 Å². The molecule has 0 heterocycles. The molecule has 0 N–H and O–H groups in total. The highest BCUT2D eigenvalue weighted by atomic mass is 16.8. The number of rotatable bonds is 6. The summed E-state index contributed by atoms with van der Waals surface area (Å²) >= 11 is 0. The molecule has 0 aromatic carbocycles. The molecule has 0 aliphatic rings. The molecular formula is C9H18O4. The highest BCUT2D eigenvalue weighted by molar-refractivity contribution is 5.59. The van der Waals surface area contributed by atoms with Crippen LogP contribution < -0.4 is 0 Å². The average molecular weight is 190 g/mol. The lowest BCUT2D eigenvalue weighted by atomic mass is 10.2. The monoisotopic (exact) mass is 190 g/mol. The zero-order valence-electron chi connectivity index (χ0n) is 8.54. The van der Waals surface area contributed by atoms with Gasteiger partial charge in [0.15, 0.2) is 6.79 Å². The molecule has 0 amide bonds. The van der Waals surface area contributed by atoms with Gasteiger partial charge in [0.2, 0.25) is 0 Å². The molecule has 0 fully saturated rings. The molecule has 4 heteroatoms. The molecule has 0 saturated heterocycles. The number of carbonyl (C=O) groups excluding carboxylic acids is 1. The van der Waals surface area contributed by atoms with Crippen LogP contribution >= 0.6 is 0 Å². The van der Waals surface area contributed by atoms with Crippen molar-refractivity contribution in [3.05, 3.63) is 0 Å². The van der Waals surface area contributed by atoms with Crippen LogP contribution in [0.4, 0.5) is 4.79 Å². The van der Waals surface area contributed by atoms with Crippen molar-refractivity contribution in [2.24, 2.45) is 0 Å². The smallest absolute Gasteiger partial charge is 0.438 e. The van der Waals surface area contributed by atoms with Crippen LogP contribution in [0.1, 0.15) is 33.1 Å². The summed E-state index contributed by atoms with van der Waals surface area (Å²) in [6.45, 7) is 4.11. The van der Waals surface area contributed by atoms with E-state index >= 15 is 0 Å². The van der Waals surface area contributed by atoms with Gasteiger partial charge in [0.05, 0.1) is 13.2 Å². The van der Waals surface area contributed by atoms with E-state index in [1.807, 2.05) is 6.92 Å². The van der Waals surface area contributed by atoms with Gasteiger partial charge in [-0.2, -0.15) is 0 Å². The van der Waals surface area contributed by atoms with E-state index in [0.717, 1.165) is 19.3 Å². The summed E-state index contributed by atoms with van der Waals surface area (Å²) in [7, 11) is 1.27. The Morgan fingerprint density at radius 1 is 1.38 bits per heavy atom. The summed E-state index contributed by atoms with van der Waals surface area (Å²) in [5.41, 5.74) is 0. The topological polar surface area (TPSA) is 44.8 Å². The van der Waals surface area contributed by atoms with Crippen molar-refractivity contribution in [1.29, 1.82) is 0 Å². The fraction of sp³-hybridized carbons (Fsp3) is 0.889. The highest BCUT2D eigenvalue weighted by Crippen LogP contribution is 2.05. The molecule has 13 heavy (non-hydrogen) atoms. The van der Waals surface area contributed by atoms with Gasteiger partial charge in [-0.25, -0.2) is 4.79 Å². The molecule has 0 aliphatic heterocycles. The van der Waals surface area contributed by atoms with E-state index in [1.165, 1.54) is 7.11 Å². The summed E-state index contributed by atoms with van der Waals surface area (Å²) in [4.78, 5) is 10.5. The lowest BCUT2D eigenvalue weighted by Crippen LogP contribution is -2.16. The first-order valence-electron chi connectivity index (χ1n) is 4.56. The zero-order valence-corrected chi connectivity index (χ0v) is 8.54. The van der Waals surface area contributed by atoms with Crippen molar-refractivity contribution < 1.29 is 19.0 Å². The Balaban J connectivity index is 3.42. The zero-order chi connectivity index (χ0) is 10.1. The van der Waals surface area contributed by atoms with Gasteiger partial charge in [-0.1, -0.05) is 20.3 Å². The molecule has 0 saturated carbocycles. The van der Waals surface area contributed by atoms with Crippen LogP contribution in [0.15, 0.2) is 0 Å². The standard InChI is InChI=1S/C9H18O4/c1-4-6-8(5-2)12-7-13-9(10)11-3/h8H,4-7H2,1-3H3. The molecule has 0 spiro atoms. The number of ether oxygens (including phenoxy) is 3. The second-order valence-electron chi connectivity index (χ2n) is 2.70. The number of methoxy groups -OCH3 is 1. The van der Waals surface area contributed by atoms with Gasteiger partial charge < -0.3 is 14.2 Å². The summed E-state index contributed by atoms with van der Waals surface area (Å²) in [6.07, 6.45) is 2.46. The van der Waals surface area contributed by atoms with Gasteiger partial charge in [-0.15, -0.1) is 0 Å². The molecule has 0 radical (unpaired) electrons. The molecule has 1 unspecified atom stereocenters. The van der Waals surface area contributed by atoms with Crippen molar-refractivity contribution in [3.8, 4) is 0 Å². The summed E-state index contributed by atoms with van der Waals surface area (Å²) in [5.74, 6) is 0. The lowest BCUT2D eigenvalue weighted by molar-refractivity contribution is -0.0762. The third-order valence-electron chi connectivity index (χ3n) is 1.71. The van der Waals surface area contributed by atoms with Crippen LogP contribution in [0.2, 0.25) is 0 Å². The van der Waals surface area contributed by atoms with Gasteiger partial charge >= 0.3 is 6.16 Å². The molecule has 78 valence electrons. The quantitative estimate of drug-likeness (QED) is 0.476. The van der Waals surface area contributed by atoms with Gasteiger partial charge in [-0.3, -0.25) is 0 Å². The minimum Gasteiger partial charge on any atom is -0.438 e. The van der Waals surface area contributed by atoms with Gasteiger partial charge in [0, 0.05) is 0 Å². The van der Waals surface area contributed by atoms with E-state index in [-0.39, 0.29) is 12.9 Å². The minimum atomic E-state index is -0.702. The first kappa shape index (κ1) is 12.2. The molecular weight excluding hydrogens is 172 g/mol. The van der Waals surface area contributed by atoms with Crippen LogP contribution in [-0.2, 0) is 14.2 Å². The molecule has 0 aromatic heterocycles. The third-order valence-corrected chi connectivity index (χ3v) is 1.71. The molecule has 0 rings (SSSR count). The predicted molar refractivity (Wildman–Crippen MR) is 48.4 cm³/mol. The second-order valence-corrected chi connectivity index (χ2v) is 2.70. The lowest BCUT2D eigenvalue weighted by Gasteiger charge is -2.14. The van der Waals surface area contributed by atoms with E-state index < -0.39 is 6.16 Å². The predicted octanol–water partition coefficient (Wildman–Crippen LogP) is 2.32. The van der Waals surface area contributed by atoms with Crippen LogP contribution in [-0.4, -0.2) is 26.2 Å². The van der Waals surface area contributed by atoms with E-state index in [9.17, 15) is 4.79 Å². The maximum atomic E-state index is 10.5. The number of carbonyl (C=O) groups is 1. The largest absolute Gasteiger partial charge is 0.510 e. The summed E-state index contributed by atoms with van der Waals surface area (Å²) in [6, 6.07) is 0. The van der Waals surface area contributed by atoms with Gasteiger partial charge in [-0.05, 0) is 12.8 Å². The van der Waals surface area contributed by atoms with Crippen molar-refractivity contribution >= 4 is 6.16 Å². The molecule has 0 bridgehead atoms. The van der Waals surface area contributed by atoms with Crippen LogP contribution in [0.3, 0.4) is 0 Å². The first-order valence-corrected chi connectivity index (χ1v) is 4.56. The first-order chi connectivity index (χ1) is 6.24. The maximum absolute atomic E-state index is 10.5. The Morgan fingerprint density at radius 3 is 2.54 bits per heavy atom. The van der Waals surface area contributed by atoms with E-state index in [2.05, 4.69) is 16.4 Å². The molecule has 4 nitrogen and oxygen atoms in total. The Bertz CT molecular complexity index is 136. The van der Waals surface area contributed by atoms with Crippen molar-refractivity contribution in [2.45, 2.75) is 39.2 Å². The number of hydrogen-bond acceptors (Lipinski definition) is 4. The van der Waals surface area contributed by atoms with Crippen LogP contribution in [0.5, 0.6) is 0 Å². The highest BCUT2D eigenvalue weighted by Gasteiger charge is 2.06. The average Bonchev–Trinajstić information content (AvgIpc) is 2.16.